The molecule has 0 amide bonds. The van der Waals surface area contributed by atoms with Gasteiger partial charge in [0, 0.05) is 11.7 Å². The summed E-state index contributed by atoms with van der Waals surface area (Å²) in [5.41, 5.74) is -0.955. The minimum Gasteiger partial charge on any atom is -0.313 e. The van der Waals surface area contributed by atoms with Crippen molar-refractivity contribution in [3.05, 3.63) is 29.8 Å². The first-order valence-corrected chi connectivity index (χ1v) is 7.33. The van der Waals surface area contributed by atoms with E-state index in [0.29, 0.717) is 0 Å². The van der Waals surface area contributed by atoms with Crippen molar-refractivity contribution in [2.45, 2.75) is 18.6 Å². The van der Waals surface area contributed by atoms with Gasteiger partial charge in [-0.2, -0.15) is 13.2 Å². The van der Waals surface area contributed by atoms with Crippen LogP contribution >= 0.6 is 0 Å². The van der Waals surface area contributed by atoms with Gasteiger partial charge in [0.25, 0.3) is 0 Å². The molecule has 2 rings (SSSR count). The van der Waals surface area contributed by atoms with Crippen molar-refractivity contribution in [3.63, 3.8) is 0 Å². The predicted molar refractivity (Wildman–Crippen MR) is 65.3 cm³/mol. The molecule has 4 nitrogen and oxygen atoms in total. The summed E-state index contributed by atoms with van der Waals surface area (Å²) in [6.07, 6.45) is -3.74. The molecule has 1 heterocycles. The summed E-state index contributed by atoms with van der Waals surface area (Å²) in [6.45, 7) is 0.768. The summed E-state index contributed by atoms with van der Waals surface area (Å²) in [6, 6.07) is 4.02. The summed E-state index contributed by atoms with van der Waals surface area (Å²) in [5.74, 6) is -0.136. The maximum Gasteiger partial charge on any atom is 0.416 e. The minimum absolute atomic E-state index is 0.0749. The lowest BCUT2D eigenvalue weighted by molar-refractivity contribution is -0.137. The van der Waals surface area contributed by atoms with E-state index >= 15 is 0 Å². The maximum absolute atomic E-state index is 12.5. The molecule has 0 spiro atoms. The van der Waals surface area contributed by atoms with Crippen LogP contribution in [-0.2, 0) is 16.2 Å². The van der Waals surface area contributed by atoms with Gasteiger partial charge in [0.1, 0.15) is 0 Å². The fraction of sp³-hybridized carbons (Fsp3) is 0.455. The highest BCUT2D eigenvalue weighted by Crippen LogP contribution is 2.30. The summed E-state index contributed by atoms with van der Waals surface area (Å²) in [7, 11) is -3.64. The summed E-state index contributed by atoms with van der Waals surface area (Å²) in [5, 5.41) is 2.92. The Labute approximate surface area is 109 Å². The van der Waals surface area contributed by atoms with Crippen LogP contribution in [0.3, 0.4) is 0 Å². The number of halogens is 3. The van der Waals surface area contributed by atoms with E-state index in [1.807, 2.05) is 0 Å². The molecular formula is C11H13F3N2O2S. The number of nitrogens with one attached hydrogen (secondary N) is 2. The third kappa shape index (κ3) is 3.84. The molecule has 106 valence electrons. The second kappa shape index (κ2) is 5.01. The van der Waals surface area contributed by atoms with Gasteiger partial charge in [-0.05, 0) is 31.2 Å². The molecule has 1 aliphatic rings. The van der Waals surface area contributed by atoms with Crippen molar-refractivity contribution in [2.24, 2.45) is 0 Å². The first-order chi connectivity index (χ1) is 8.76. The second-order valence-electron chi connectivity index (χ2n) is 4.40. The van der Waals surface area contributed by atoms with Gasteiger partial charge < -0.3 is 5.32 Å². The molecule has 0 aromatic heterocycles. The van der Waals surface area contributed by atoms with Crippen molar-refractivity contribution in [3.8, 4) is 0 Å². The molecule has 19 heavy (non-hydrogen) atoms. The summed E-state index contributed by atoms with van der Waals surface area (Å²) in [4.78, 5) is 0. The Balaban J connectivity index is 2.10. The maximum atomic E-state index is 12.5. The fourth-order valence-electron chi connectivity index (χ4n) is 1.74. The van der Waals surface area contributed by atoms with Gasteiger partial charge in [0.2, 0.25) is 10.0 Å². The quantitative estimate of drug-likeness (QED) is 0.890. The van der Waals surface area contributed by atoms with Crippen LogP contribution in [0.1, 0.15) is 12.0 Å². The van der Waals surface area contributed by atoms with Crippen LogP contribution in [0.25, 0.3) is 0 Å². The molecule has 1 unspecified atom stereocenters. The van der Waals surface area contributed by atoms with Crippen molar-refractivity contribution in [1.82, 2.24) is 5.32 Å². The van der Waals surface area contributed by atoms with Crippen molar-refractivity contribution >= 4 is 15.7 Å². The molecule has 0 aliphatic carbocycles. The molecule has 1 atom stereocenters. The highest BCUT2D eigenvalue weighted by atomic mass is 32.2. The third-order valence-electron chi connectivity index (χ3n) is 2.81. The van der Waals surface area contributed by atoms with Gasteiger partial charge in [0.05, 0.1) is 11.3 Å². The molecule has 8 heteroatoms. The van der Waals surface area contributed by atoms with Crippen LogP contribution in [0, 0.1) is 0 Å². The van der Waals surface area contributed by atoms with Crippen molar-refractivity contribution in [1.29, 1.82) is 0 Å². The predicted octanol–water partition coefficient (Wildman–Crippen LogP) is 1.81. The Morgan fingerprint density at radius 3 is 2.58 bits per heavy atom. The first kappa shape index (κ1) is 14.1. The zero-order valence-electron chi connectivity index (χ0n) is 9.87. The van der Waals surface area contributed by atoms with Gasteiger partial charge >= 0.3 is 6.18 Å². The van der Waals surface area contributed by atoms with Crippen LogP contribution in [0.4, 0.5) is 18.9 Å². The Bertz CT molecular complexity index is 553. The molecule has 0 saturated carbocycles. The number of benzene rings is 1. The lowest BCUT2D eigenvalue weighted by Crippen LogP contribution is -2.48. The van der Waals surface area contributed by atoms with E-state index in [1.54, 1.807) is 0 Å². The number of anilines is 1. The number of hydrogen-bond acceptors (Lipinski definition) is 3. The molecule has 1 saturated heterocycles. The molecule has 1 aromatic carbocycles. The van der Waals surface area contributed by atoms with E-state index < -0.39 is 21.8 Å². The summed E-state index contributed by atoms with van der Waals surface area (Å²) >= 11 is 0. The smallest absolute Gasteiger partial charge is 0.313 e. The molecule has 0 radical (unpaired) electrons. The van der Waals surface area contributed by atoms with Crippen LogP contribution in [-0.4, -0.2) is 26.8 Å². The lowest BCUT2D eigenvalue weighted by Gasteiger charge is -2.27. The van der Waals surface area contributed by atoms with E-state index in [1.165, 1.54) is 12.1 Å². The minimum atomic E-state index is -4.49. The Morgan fingerprint density at radius 2 is 2.05 bits per heavy atom. The molecule has 1 aliphatic heterocycles. The van der Waals surface area contributed by atoms with E-state index in [-0.39, 0.29) is 17.5 Å². The van der Waals surface area contributed by atoms with Crippen LogP contribution in [0.15, 0.2) is 24.3 Å². The molecule has 0 bridgehead atoms. The third-order valence-corrected chi connectivity index (χ3v) is 4.20. The number of sulfonamides is 1. The highest BCUT2D eigenvalue weighted by molar-refractivity contribution is 7.92. The molecular weight excluding hydrogens is 281 g/mol. The topological polar surface area (TPSA) is 58.2 Å². The van der Waals surface area contributed by atoms with Crippen molar-refractivity contribution < 1.29 is 21.6 Å². The fourth-order valence-corrected chi connectivity index (χ4v) is 3.12. The van der Waals surface area contributed by atoms with Gasteiger partial charge in [0.15, 0.2) is 0 Å². The lowest BCUT2D eigenvalue weighted by atomic mass is 10.1. The van der Waals surface area contributed by atoms with E-state index in [9.17, 15) is 21.6 Å². The molecule has 1 fully saturated rings. The zero-order valence-corrected chi connectivity index (χ0v) is 10.7. The Kier molecular flexibility index (Phi) is 3.73. The van der Waals surface area contributed by atoms with Crippen LogP contribution < -0.4 is 10.0 Å². The van der Waals surface area contributed by atoms with E-state index in [2.05, 4.69) is 10.0 Å². The highest BCUT2D eigenvalue weighted by Gasteiger charge is 2.31. The normalized spacial score (nSPS) is 19.8. The second-order valence-corrected chi connectivity index (χ2v) is 6.17. The average molecular weight is 294 g/mol. The monoisotopic (exact) mass is 294 g/mol. The van der Waals surface area contributed by atoms with Gasteiger partial charge in [-0.3, -0.25) is 4.72 Å². The number of rotatable bonds is 4. The molecule has 2 N–H and O–H groups in total. The largest absolute Gasteiger partial charge is 0.416 e. The standard InChI is InChI=1S/C11H13F3N2O2S/c12-11(13,14)8-2-1-3-9(6-8)16-19(17,18)7-10-4-5-15-10/h1-3,6,10,15-16H,4-5,7H2. The molecule has 1 aromatic rings. The Hall–Kier alpha value is -1.28. The number of hydrogen-bond donors (Lipinski definition) is 2. The summed E-state index contributed by atoms with van der Waals surface area (Å²) < 4.78 is 63.1. The zero-order chi connectivity index (χ0) is 14.1. The van der Waals surface area contributed by atoms with E-state index in [4.69, 9.17) is 0 Å². The van der Waals surface area contributed by atoms with Gasteiger partial charge in [-0.15, -0.1) is 0 Å². The van der Waals surface area contributed by atoms with Crippen molar-refractivity contribution in [2.75, 3.05) is 17.0 Å². The SMILES string of the molecule is O=S(=O)(CC1CCN1)Nc1cccc(C(F)(F)F)c1. The first-order valence-electron chi connectivity index (χ1n) is 5.67. The van der Waals surface area contributed by atoms with Gasteiger partial charge in [-0.25, -0.2) is 8.42 Å². The van der Waals surface area contributed by atoms with Crippen LogP contribution in [0.2, 0.25) is 0 Å². The number of alkyl halides is 3. The van der Waals surface area contributed by atoms with E-state index in [0.717, 1.165) is 25.1 Å². The average Bonchev–Trinajstić information content (AvgIpc) is 2.22. The Morgan fingerprint density at radius 1 is 1.37 bits per heavy atom. The van der Waals surface area contributed by atoms with Gasteiger partial charge in [-0.1, -0.05) is 6.07 Å². The van der Waals surface area contributed by atoms with Crippen LogP contribution in [0.5, 0.6) is 0 Å².